The van der Waals surface area contributed by atoms with Crippen molar-refractivity contribution in [1.82, 2.24) is 25.3 Å². The minimum absolute atomic E-state index is 0.0908. The topological polar surface area (TPSA) is 107 Å². The molecule has 2 aromatic heterocycles. The van der Waals surface area contributed by atoms with E-state index in [9.17, 15) is 0 Å². The summed E-state index contributed by atoms with van der Waals surface area (Å²) in [5, 5.41) is 10.3. The fourth-order valence-electron chi connectivity index (χ4n) is 1.62. The van der Waals surface area contributed by atoms with Gasteiger partial charge in [0.1, 0.15) is 6.33 Å². The van der Waals surface area contributed by atoms with Crippen molar-refractivity contribution in [1.29, 1.82) is 0 Å². The second-order valence-corrected chi connectivity index (χ2v) is 4.67. The Morgan fingerprint density at radius 1 is 1.50 bits per heavy atom. The lowest BCUT2D eigenvalue weighted by atomic mass is 10.1. The van der Waals surface area contributed by atoms with Crippen LogP contribution in [-0.2, 0) is 0 Å². The van der Waals surface area contributed by atoms with E-state index in [1.165, 1.54) is 6.33 Å². The highest BCUT2D eigenvalue weighted by atomic mass is 32.2. The van der Waals surface area contributed by atoms with E-state index in [-0.39, 0.29) is 12.0 Å². The van der Waals surface area contributed by atoms with Crippen LogP contribution in [0.2, 0.25) is 0 Å². The molecule has 84 valence electrons. The summed E-state index contributed by atoms with van der Waals surface area (Å²) in [5.41, 5.74) is 5.95. The lowest BCUT2D eigenvalue weighted by molar-refractivity contribution is 0.352. The van der Waals surface area contributed by atoms with Crippen LogP contribution >= 0.6 is 11.8 Å². The summed E-state index contributed by atoms with van der Waals surface area (Å²) in [4.78, 5) is 8.24. The lowest BCUT2D eigenvalue weighted by Gasteiger charge is -2.07. The Bertz CT molecular complexity index is 469. The molecule has 7 nitrogen and oxygen atoms in total. The third-order valence-corrected chi connectivity index (χ3v) is 3.73. The number of nitrogens with one attached hydrogen (secondary N) is 1. The molecule has 1 aliphatic heterocycles. The first-order valence-corrected chi connectivity index (χ1v) is 6.03. The van der Waals surface area contributed by atoms with Gasteiger partial charge in [0.2, 0.25) is 11.7 Å². The average Bonchev–Trinajstić information content (AvgIpc) is 2.96. The van der Waals surface area contributed by atoms with E-state index in [0.29, 0.717) is 17.5 Å². The predicted octanol–water partition coefficient (Wildman–Crippen LogP) is 0.0124. The van der Waals surface area contributed by atoms with Gasteiger partial charge in [0.15, 0.2) is 5.82 Å². The molecule has 0 aliphatic carbocycles. The largest absolute Gasteiger partial charge is 0.338 e. The van der Waals surface area contributed by atoms with E-state index in [0.717, 1.165) is 11.5 Å². The molecule has 0 spiro atoms. The summed E-state index contributed by atoms with van der Waals surface area (Å²) in [6, 6.07) is 0.0908. The first-order chi connectivity index (χ1) is 7.84. The zero-order valence-corrected chi connectivity index (χ0v) is 9.15. The van der Waals surface area contributed by atoms with Gasteiger partial charge in [0.25, 0.3) is 0 Å². The van der Waals surface area contributed by atoms with Gasteiger partial charge in [-0.25, -0.2) is 4.98 Å². The van der Waals surface area contributed by atoms with Crippen LogP contribution in [0.4, 0.5) is 0 Å². The third-order valence-electron chi connectivity index (χ3n) is 2.51. The maximum absolute atomic E-state index is 5.95. The fourth-order valence-corrected chi connectivity index (χ4v) is 2.90. The van der Waals surface area contributed by atoms with E-state index in [1.54, 1.807) is 11.8 Å². The first kappa shape index (κ1) is 9.79. The van der Waals surface area contributed by atoms with Crippen LogP contribution in [0.3, 0.4) is 0 Å². The molecule has 2 atom stereocenters. The van der Waals surface area contributed by atoms with Crippen molar-refractivity contribution in [3.63, 3.8) is 0 Å². The van der Waals surface area contributed by atoms with Gasteiger partial charge in [-0.1, -0.05) is 5.16 Å². The molecule has 1 fully saturated rings. The van der Waals surface area contributed by atoms with E-state index in [2.05, 4.69) is 25.3 Å². The quantitative estimate of drug-likeness (QED) is 0.759. The predicted molar refractivity (Wildman–Crippen MR) is 57.7 cm³/mol. The van der Waals surface area contributed by atoms with Crippen molar-refractivity contribution in [2.75, 3.05) is 11.5 Å². The number of nitrogens with zero attached hydrogens (tertiary/aromatic N) is 4. The Hall–Kier alpha value is -1.41. The molecule has 16 heavy (non-hydrogen) atoms. The Kier molecular flexibility index (Phi) is 2.37. The molecular formula is C8H10N6OS. The van der Waals surface area contributed by atoms with Gasteiger partial charge < -0.3 is 10.3 Å². The van der Waals surface area contributed by atoms with Gasteiger partial charge in [-0.05, 0) is 0 Å². The minimum atomic E-state index is 0.0908. The Morgan fingerprint density at radius 3 is 3.12 bits per heavy atom. The molecule has 0 aromatic carbocycles. The normalized spacial score (nSPS) is 25.1. The molecular weight excluding hydrogens is 228 g/mol. The summed E-state index contributed by atoms with van der Waals surface area (Å²) in [6.07, 6.45) is 1.41. The van der Waals surface area contributed by atoms with Crippen molar-refractivity contribution in [2.45, 2.75) is 12.0 Å². The number of hydrogen-bond donors (Lipinski definition) is 2. The average molecular weight is 238 g/mol. The lowest BCUT2D eigenvalue weighted by Crippen LogP contribution is -2.26. The van der Waals surface area contributed by atoms with Crippen LogP contribution in [-0.4, -0.2) is 42.9 Å². The van der Waals surface area contributed by atoms with Crippen LogP contribution < -0.4 is 5.73 Å². The smallest absolute Gasteiger partial charge is 0.239 e. The van der Waals surface area contributed by atoms with Crippen molar-refractivity contribution >= 4 is 11.8 Å². The first-order valence-electron chi connectivity index (χ1n) is 4.87. The third kappa shape index (κ3) is 1.59. The number of H-pyrrole nitrogens is 1. The van der Waals surface area contributed by atoms with Crippen LogP contribution in [0, 0.1) is 0 Å². The van der Waals surface area contributed by atoms with Crippen LogP contribution in [0.1, 0.15) is 11.8 Å². The zero-order chi connectivity index (χ0) is 11.0. The van der Waals surface area contributed by atoms with Gasteiger partial charge in [-0.3, -0.25) is 5.10 Å². The van der Waals surface area contributed by atoms with Crippen molar-refractivity contribution in [2.24, 2.45) is 5.73 Å². The number of aromatic amines is 1. The monoisotopic (exact) mass is 238 g/mol. The Labute approximate surface area is 95.2 Å². The number of nitrogens with two attached hydrogens (primary N) is 1. The molecule has 3 N–H and O–H groups in total. The molecule has 8 heteroatoms. The van der Waals surface area contributed by atoms with Gasteiger partial charge in [0, 0.05) is 17.5 Å². The second kappa shape index (κ2) is 3.87. The summed E-state index contributed by atoms with van der Waals surface area (Å²) in [7, 11) is 0. The summed E-state index contributed by atoms with van der Waals surface area (Å²) in [6.45, 7) is 0. The number of rotatable bonds is 2. The van der Waals surface area contributed by atoms with Gasteiger partial charge in [-0.15, -0.1) is 0 Å². The zero-order valence-electron chi connectivity index (χ0n) is 8.33. The molecule has 1 saturated heterocycles. The minimum Gasteiger partial charge on any atom is -0.338 e. The Morgan fingerprint density at radius 2 is 2.44 bits per heavy atom. The molecule has 3 heterocycles. The number of aromatic nitrogens is 5. The van der Waals surface area contributed by atoms with Crippen LogP contribution in [0.5, 0.6) is 0 Å². The molecule has 2 unspecified atom stereocenters. The maximum Gasteiger partial charge on any atom is 0.239 e. The number of thioether (sulfide) groups is 1. The fraction of sp³-hybridized carbons (Fsp3) is 0.500. The molecule has 0 radical (unpaired) electrons. The highest BCUT2D eigenvalue weighted by Crippen LogP contribution is 2.31. The van der Waals surface area contributed by atoms with Crippen molar-refractivity contribution in [3.8, 4) is 11.6 Å². The maximum atomic E-state index is 5.95. The van der Waals surface area contributed by atoms with E-state index >= 15 is 0 Å². The highest BCUT2D eigenvalue weighted by molar-refractivity contribution is 7.99. The van der Waals surface area contributed by atoms with Crippen LogP contribution in [0.25, 0.3) is 11.6 Å². The van der Waals surface area contributed by atoms with Gasteiger partial charge in [0.05, 0.1) is 5.92 Å². The second-order valence-electron chi connectivity index (χ2n) is 3.60. The summed E-state index contributed by atoms with van der Waals surface area (Å²) < 4.78 is 5.20. The van der Waals surface area contributed by atoms with Crippen molar-refractivity contribution in [3.05, 3.63) is 12.2 Å². The SMILES string of the molecule is NC1CSCC1c1nc(-c2ncn[nH]2)no1. The van der Waals surface area contributed by atoms with Gasteiger partial charge in [-0.2, -0.15) is 21.8 Å². The summed E-state index contributed by atoms with van der Waals surface area (Å²) >= 11 is 1.80. The van der Waals surface area contributed by atoms with Gasteiger partial charge >= 0.3 is 0 Å². The van der Waals surface area contributed by atoms with E-state index < -0.39 is 0 Å². The standard InChI is InChI=1S/C8H10N6OS/c9-5-2-16-1-4(5)8-12-7(14-15-8)6-10-3-11-13-6/h3-5H,1-2,9H2,(H,10,11,13). The summed E-state index contributed by atoms with van der Waals surface area (Å²) in [5.74, 6) is 3.54. The van der Waals surface area contributed by atoms with E-state index in [1.807, 2.05) is 0 Å². The molecule has 1 aliphatic rings. The van der Waals surface area contributed by atoms with Crippen LogP contribution in [0.15, 0.2) is 10.9 Å². The number of hydrogen-bond acceptors (Lipinski definition) is 7. The molecule has 2 aromatic rings. The molecule has 3 rings (SSSR count). The Balaban J connectivity index is 1.88. The molecule has 0 bridgehead atoms. The highest BCUT2D eigenvalue weighted by Gasteiger charge is 2.31. The molecule has 0 saturated carbocycles. The van der Waals surface area contributed by atoms with E-state index in [4.69, 9.17) is 10.3 Å². The van der Waals surface area contributed by atoms with Crippen molar-refractivity contribution < 1.29 is 4.52 Å². The molecule has 0 amide bonds.